The minimum absolute atomic E-state index is 0.483. The number of thiophene rings is 1. The zero-order valence-electron chi connectivity index (χ0n) is 9.29. The van der Waals surface area contributed by atoms with Crippen molar-refractivity contribution in [2.45, 2.75) is 19.4 Å². The maximum Gasteiger partial charge on any atom is 0.0457 e. The molecule has 0 aliphatic heterocycles. The normalized spacial score (nSPS) is 13.4. The molecule has 2 nitrogen and oxygen atoms in total. The zero-order chi connectivity index (χ0) is 10.4. The molecule has 0 fully saturated rings. The van der Waals surface area contributed by atoms with Gasteiger partial charge in [0.15, 0.2) is 0 Å². The highest BCUT2D eigenvalue weighted by atomic mass is 32.1. The van der Waals surface area contributed by atoms with Crippen LogP contribution in [0.5, 0.6) is 0 Å². The number of nitrogens with zero attached hydrogens (tertiary/aromatic N) is 1. The number of hydrogen-bond acceptors (Lipinski definition) is 3. The lowest BCUT2D eigenvalue weighted by molar-refractivity contribution is 0.342. The van der Waals surface area contributed by atoms with Gasteiger partial charge in [-0.2, -0.15) is 11.3 Å². The molecule has 1 atom stereocenters. The topological polar surface area (TPSA) is 15.3 Å². The maximum absolute atomic E-state index is 3.57. The molecule has 1 unspecified atom stereocenters. The van der Waals surface area contributed by atoms with E-state index in [9.17, 15) is 0 Å². The van der Waals surface area contributed by atoms with Gasteiger partial charge >= 0.3 is 0 Å². The predicted octanol–water partition coefficient (Wildman–Crippen LogP) is 2.35. The van der Waals surface area contributed by atoms with Crippen molar-refractivity contribution in [2.24, 2.45) is 0 Å². The first-order valence-corrected chi connectivity index (χ1v) is 6.08. The van der Waals surface area contributed by atoms with E-state index in [4.69, 9.17) is 0 Å². The van der Waals surface area contributed by atoms with Crippen LogP contribution in [0.3, 0.4) is 0 Å². The Morgan fingerprint density at radius 2 is 2.29 bits per heavy atom. The Hall–Kier alpha value is -0.380. The molecule has 1 aromatic rings. The van der Waals surface area contributed by atoms with E-state index in [1.54, 1.807) is 11.3 Å². The molecule has 1 aromatic heterocycles. The molecule has 0 bridgehead atoms. The summed E-state index contributed by atoms with van der Waals surface area (Å²) >= 11 is 1.77. The van der Waals surface area contributed by atoms with Crippen LogP contribution in [0.2, 0.25) is 0 Å². The van der Waals surface area contributed by atoms with Gasteiger partial charge in [-0.25, -0.2) is 0 Å². The average Bonchev–Trinajstić information content (AvgIpc) is 2.64. The second kappa shape index (κ2) is 6.17. The first-order valence-electron chi connectivity index (χ1n) is 5.14. The quantitative estimate of drug-likeness (QED) is 0.778. The minimum atomic E-state index is 0.483. The molecule has 1 N–H and O–H groups in total. The van der Waals surface area contributed by atoms with Crippen molar-refractivity contribution in [3.05, 3.63) is 22.4 Å². The van der Waals surface area contributed by atoms with Gasteiger partial charge in [-0.3, -0.25) is 0 Å². The third kappa shape index (κ3) is 3.78. The third-order valence-electron chi connectivity index (χ3n) is 2.13. The molecule has 0 saturated carbocycles. The summed E-state index contributed by atoms with van der Waals surface area (Å²) in [6, 6.07) is 2.69. The van der Waals surface area contributed by atoms with Crippen LogP contribution in [0.1, 0.15) is 24.9 Å². The highest BCUT2D eigenvalue weighted by Crippen LogP contribution is 2.16. The Balaban J connectivity index is 2.53. The molecule has 0 aliphatic rings. The minimum Gasteiger partial charge on any atom is -0.309 e. The summed E-state index contributed by atoms with van der Waals surface area (Å²) in [5.41, 5.74) is 1.41. The molecule has 14 heavy (non-hydrogen) atoms. The van der Waals surface area contributed by atoms with Crippen LogP contribution in [0, 0.1) is 0 Å². The van der Waals surface area contributed by atoms with Crippen LogP contribution in [0.4, 0.5) is 0 Å². The first kappa shape index (κ1) is 11.7. The van der Waals surface area contributed by atoms with Crippen molar-refractivity contribution >= 4 is 11.3 Å². The van der Waals surface area contributed by atoms with Gasteiger partial charge in [-0.15, -0.1) is 0 Å². The first-order chi connectivity index (χ1) is 6.74. The Labute approximate surface area is 90.9 Å². The fourth-order valence-electron chi connectivity index (χ4n) is 1.44. The van der Waals surface area contributed by atoms with Gasteiger partial charge in [0.2, 0.25) is 0 Å². The summed E-state index contributed by atoms with van der Waals surface area (Å²) in [6.45, 7) is 4.36. The van der Waals surface area contributed by atoms with E-state index >= 15 is 0 Å². The monoisotopic (exact) mass is 212 g/mol. The van der Waals surface area contributed by atoms with Crippen LogP contribution in [-0.2, 0) is 0 Å². The van der Waals surface area contributed by atoms with E-state index in [0.29, 0.717) is 6.04 Å². The van der Waals surface area contributed by atoms with Gasteiger partial charge < -0.3 is 10.2 Å². The lowest BCUT2D eigenvalue weighted by atomic mass is 10.1. The van der Waals surface area contributed by atoms with E-state index in [-0.39, 0.29) is 0 Å². The second-order valence-corrected chi connectivity index (χ2v) is 4.61. The Kier molecular flexibility index (Phi) is 5.15. The van der Waals surface area contributed by atoms with Crippen molar-refractivity contribution < 1.29 is 0 Å². The van der Waals surface area contributed by atoms with E-state index in [2.05, 4.69) is 48.1 Å². The number of hydrogen-bond donors (Lipinski definition) is 1. The van der Waals surface area contributed by atoms with E-state index in [1.807, 2.05) is 0 Å². The molecular weight excluding hydrogens is 192 g/mol. The molecule has 1 heterocycles. The molecule has 0 radical (unpaired) electrons. The van der Waals surface area contributed by atoms with Crippen molar-refractivity contribution in [2.75, 3.05) is 27.2 Å². The maximum atomic E-state index is 3.57. The lowest BCUT2D eigenvalue weighted by Crippen LogP contribution is -2.31. The fraction of sp³-hybridized carbons (Fsp3) is 0.636. The molecule has 0 amide bonds. The predicted molar refractivity (Wildman–Crippen MR) is 63.9 cm³/mol. The van der Waals surface area contributed by atoms with E-state index < -0.39 is 0 Å². The third-order valence-corrected chi connectivity index (χ3v) is 2.84. The standard InChI is InChI=1S/C11H20N2S/c1-4-6-12-11(8-13(2)3)10-5-7-14-9-10/h5,7,9,11-12H,4,6,8H2,1-3H3. The number of nitrogens with one attached hydrogen (secondary N) is 1. The van der Waals surface area contributed by atoms with Crippen molar-refractivity contribution in [1.29, 1.82) is 0 Å². The summed E-state index contributed by atoms with van der Waals surface area (Å²) < 4.78 is 0. The molecule has 1 rings (SSSR count). The van der Waals surface area contributed by atoms with E-state index in [1.165, 1.54) is 12.0 Å². The average molecular weight is 212 g/mol. The van der Waals surface area contributed by atoms with Gasteiger partial charge in [-0.05, 0) is 49.5 Å². The fourth-order valence-corrected chi connectivity index (χ4v) is 2.16. The highest BCUT2D eigenvalue weighted by Gasteiger charge is 2.11. The van der Waals surface area contributed by atoms with Crippen LogP contribution >= 0.6 is 11.3 Å². The Bertz CT molecular complexity index is 231. The largest absolute Gasteiger partial charge is 0.309 e. The summed E-state index contributed by atoms with van der Waals surface area (Å²) in [5, 5.41) is 7.95. The van der Waals surface area contributed by atoms with Crippen LogP contribution < -0.4 is 5.32 Å². The van der Waals surface area contributed by atoms with Crippen molar-refractivity contribution in [1.82, 2.24) is 10.2 Å². The van der Waals surface area contributed by atoms with E-state index in [0.717, 1.165) is 13.1 Å². The molecule has 0 saturated heterocycles. The van der Waals surface area contributed by atoms with Gasteiger partial charge in [0.05, 0.1) is 0 Å². The van der Waals surface area contributed by atoms with Crippen LogP contribution in [0.25, 0.3) is 0 Å². The summed E-state index contributed by atoms with van der Waals surface area (Å²) in [6.07, 6.45) is 1.19. The zero-order valence-corrected chi connectivity index (χ0v) is 10.1. The van der Waals surface area contributed by atoms with Crippen LogP contribution in [0.15, 0.2) is 16.8 Å². The van der Waals surface area contributed by atoms with Gasteiger partial charge in [0.1, 0.15) is 0 Å². The molecule has 3 heteroatoms. The summed E-state index contributed by atoms with van der Waals surface area (Å²) in [5.74, 6) is 0. The molecule has 0 aliphatic carbocycles. The molecular formula is C11H20N2S. The lowest BCUT2D eigenvalue weighted by Gasteiger charge is -2.21. The summed E-state index contributed by atoms with van der Waals surface area (Å²) in [7, 11) is 4.24. The Morgan fingerprint density at radius 1 is 1.50 bits per heavy atom. The smallest absolute Gasteiger partial charge is 0.0457 e. The molecule has 0 spiro atoms. The molecule has 80 valence electrons. The van der Waals surface area contributed by atoms with Gasteiger partial charge in [-0.1, -0.05) is 6.92 Å². The van der Waals surface area contributed by atoms with Gasteiger partial charge in [0, 0.05) is 12.6 Å². The van der Waals surface area contributed by atoms with Crippen molar-refractivity contribution in [3.63, 3.8) is 0 Å². The number of likely N-dealkylation sites (N-methyl/N-ethyl adjacent to an activating group) is 1. The SMILES string of the molecule is CCCNC(CN(C)C)c1ccsc1. The summed E-state index contributed by atoms with van der Waals surface area (Å²) in [4.78, 5) is 2.23. The molecule has 0 aromatic carbocycles. The second-order valence-electron chi connectivity index (χ2n) is 3.83. The van der Waals surface area contributed by atoms with Gasteiger partial charge in [0.25, 0.3) is 0 Å². The highest BCUT2D eigenvalue weighted by molar-refractivity contribution is 7.07. The Morgan fingerprint density at radius 3 is 2.79 bits per heavy atom. The van der Waals surface area contributed by atoms with Crippen LogP contribution in [-0.4, -0.2) is 32.1 Å². The van der Waals surface area contributed by atoms with Crippen molar-refractivity contribution in [3.8, 4) is 0 Å². The number of rotatable bonds is 6.